The summed E-state index contributed by atoms with van der Waals surface area (Å²) in [7, 11) is 0. The maximum absolute atomic E-state index is 11.2. The molecule has 2 aliphatic rings. The van der Waals surface area contributed by atoms with Crippen LogP contribution in [0.3, 0.4) is 0 Å². The van der Waals surface area contributed by atoms with Crippen molar-refractivity contribution in [3.8, 4) is 6.07 Å². The molecule has 19 heavy (non-hydrogen) atoms. The Kier molecular flexibility index (Phi) is 2.91. The average Bonchev–Trinajstić information content (AvgIpc) is 2.77. The van der Waals surface area contributed by atoms with Gasteiger partial charge in [0.2, 0.25) is 0 Å². The first-order valence-electron chi connectivity index (χ1n) is 7.29. The largest absolute Gasteiger partial charge is 0.388 e. The molecule has 2 heteroatoms. The van der Waals surface area contributed by atoms with Gasteiger partial charge in [0.1, 0.15) is 0 Å². The second kappa shape index (κ2) is 4.35. The SMILES string of the molecule is CC1CCC(C#N)(C2(O)Cc3ccccc3C2)CC1. The fourth-order valence-electron chi connectivity index (χ4n) is 3.87. The zero-order chi connectivity index (χ0) is 13.5. The highest BCUT2D eigenvalue weighted by Gasteiger charge is 2.54. The molecule has 0 bridgehead atoms. The van der Waals surface area contributed by atoms with Crippen molar-refractivity contribution in [1.29, 1.82) is 5.26 Å². The molecule has 2 nitrogen and oxygen atoms in total. The summed E-state index contributed by atoms with van der Waals surface area (Å²) in [4.78, 5) is 0. The van der Waals surface area contributed by atoms with Crippen molar-refractivity contribution in [2.24, 2.45) is 11.3 Å². The molecule has 2 aliphatic carbocycles. The molecule has 0 saturated heterocycles. The predicted molar refractivity (Wildman–Crippen MR) is 74.5 cm³/mol. The molecule has 3 rings (SSSR count). The van der Waals surface area contributed by atoms with Crippen molar-refractivity contribution < 1.29 is 5.11 Å². The smallest absolute Gasteiger partial charge is 0.0913 e. The van der Waals surface area contributed by atoms with Crippen LogP contribution in [0.15, 0.2) is 24.3 Å². The second-order valence-corrected chi connectivity index (χ2v) is 6.53. The summed E-state index contributed by atoms with van der Waals surface area (Å²) >= 11 is 0. The highest BCUT2D eigenvalue weighted by molar-refractivity contribution is 5.38. The molecule has 1 aromatic carbocycles. The molecular formula is C17H21NO. The number of fused-ring (bicyclic) bond motifs is 1. The molecule has 0 heterocycles. The van der Waals surface area contributed by atoms with E-state index in [9.17, 15) is 10.4 Å². The van der Waals surface area contributed by atoms with Crippen molar-refractivity contribution >= 4 is 0 Å². The minimum absolute atomic E-state index is 0.543. The van der Waals surface area contributed by atoms with Crippen LogP contribution in [-0.2, 0) is 12.8 Å². The van der Waals surface area contributed by atoms with Gasteiger partial charge in [-0.15, -0.1) is 0 Å². The summed E-state index contributed by atoms with van der Waals surface area (Å²) in [6.07, 6.45) is 5.10. The Labute approximate surface area is 115 Å². The van der Waals surface area contributed by atoms with Gasteiger partial charge >= 0.3 is 0 Å². The Morgan fingerprint density at radius 3 is 2.16 bits per heavy atom. The number of nitrogens with zero attached hydrogens (tertiary/aromatic N) is 1. The summed E-state index contributed by atoms with van der Waals surface area (Å²) < 4.78 is 0. The summed E-state index contributed by atoms with van der Waals surface area (Å²) in [6.45, 7) is 2.24. The van der Waals surface area contributed by atoms with Gasteiger partial charge in [-0.1, -0.05) is 31.2 Å². The molecule has 0 atom stereocenters. The van der Waals surface area contributed by atoms with Crippen molar-refractivity contribution in [1.82, 2.24) is 0 Å². The average molecular weight is 255 g/mol. The van der Waals surface area contributed by atoms with E-state index in [4.69, 9.17) is 0 Å². The van der Waals surface area contributed by atoms with Gasteiger partial charge in [0.25, 0.3) is 0 Å². The van der Waals surface area contributed by atoms with Gasteiger partial charge in [-0.3, -0.25) is 0 Å². The number of rotatable bonds is 1. The normalized spacial score (nSPS) is 32.6. The third kappa shape index (κ3) is 1.88. The molecule has 0 unspecified atom stereocenters. The molecule has 1 saturated carbocycles. The molecule has 0 spiro atoms. The van der Waals surface area contributed by atoms with E-state index >= 15 is 0 Å². The number of hydrogen-bond acceptors (Lipinski definition) is 2. The Hall–Kier alpha value is -1.33. The predicted octanol–water partition coefficient (Wildman–Crippen LogP) is 3.24. The molecule has 100 valence electrons. The van der Waals surface area contributed by atoms with Gasteiger partial charge in [-0.05, 0) is 42.7 Å². The van der Waals surface area contributed by atoms with Crippen LogP contribution in [0.1, 0.15) is 43.7 Å². The zero-order valence-electron chi connectivity index (χ0n) is 11.5. The van der Waals surface area contributed by atoms with Crippen LogP contribution in [0.5, 0.6) is 0 Å². The molecular weight excluding hydrogens is 234 g/mol. The van der Waals surface area contributed by atoms with Gasteiger partial charge in [0.15, 0.2) is 0 Å². The lowest BCUT2D eigenvalue weighted by atomic mass is 9.61. The minimum Gasteiger partial charge on any atom is -0.388 e. The molecule has 0 aliphatic heterocycles. The fourth-order valence-corrected chi connectivity index (χ4v) is 3.87. The van der Waals surface area contributed by atoms with Gasteiger partial charge in [-0.25, -0.2) is 0 Å². The van der Waals surface area contributed by atoms with Crippen LogP contribution < -0.4 is 0 Å². The van der Waals surface area contributed by atoms with Crippen molar-refractivity contribution in [2.45, 2.75) is 51.0 Å². The van der Waals surface area contributed by atoms with Crippen LogP contribution in [0.2, 0.25) is 0 Å². The van der Waals surface area contributed by atoms with E-state index in [0.29, 0.717) is 18.8 Å². The van der Waals surface area contributed by atoms with Crippen LogP contribution in [-0.4, -0.2) is 10.7 Å². The molecule has 0 radical (unpaired) electrons. The highest BCUT2D eigenvalue weighted by Crippen LogP contribution is 2.51. The van der Waals surface area contributed by atoms with Gasteiger partial charge in [0.05, 0.1) is 17.1 Å². The lowest BCUT2D eigenvalue weighted by Gasteiger charge is -2.44. The van der Waals surface area contributed by atoms with Crippen molar-refractivity contribution in [3.63, 3.8) is 0 Å². The summed E-state index contributed by atoms with van der Waals surface area (Å²) in [5.41, 5.74) is 1.04. The van der Waals surface area contributed by atoms with E-state index in [1.54, 1.807) is 0 Å². The van der Waals surface area contributed by atoms with Crippen LogP contribution in [0.25, 0.3) is 0 Å². The lowest BCUT2D eigenvalue weighted by Crippen LogP contribution is -2.50. The molecule has 1 N–H and O–H groups in total. The number of hydrogen-bond donors (Lipinski definition) is 1. The summed E-state index contributed by atoms with van der Waals surface area (Å²) in [5, 5.41) is 20.9. The standard InChI is InChI=1S/C17H21NO/c1-13-6-8-16(12-18,9-7-13)17(19)10-14-4-2-3-5-15(14)11-17/h2-5,13,19H,6-11H2,1H3. The topological polar surface area (TPSA) is 44.0 Å². The molecule has 1 fully saturated rings. The first-order chi connectivity index (χ1) is 9.09. The number of nitriles is 1. The second-order valence-electron chi connectivity index (χ2n) is 6.53. The van der Waals surface area contributed by atoms with E-state index in [-0.39, 0.29) is 0 Å². The third-order valence-electron chi connectivity index (χ3n) is 5.32. The Bertz CT molecular complexity index is 495. The van der Waals surface area contributed by atoms with Crippen LogP contribution >= 0.6 is 0 Å². The molecule has 0 aromatic heterocycles. The monoisotopic (exact) mass is 255 g/mol. The maximum atomic E-state index is 11.2. The molecule has 1 aromatic rings. The lowest BCUT2D eigenvalue weighted by molar-refractivity contribution is -0.0691. The Morgan fingerprint density at radius 1 is 1.16 bits per heavy atom. The van der Waals surface area contributed by atoms with Gasteiger partial charge in [0, 0.05) is 12.8 Å². The van der Waals surface area contributed by atoms with Crippen molar-refractivity contribution in [2.75, 3.05) is 0 Å². The fraction of sp³-hybridized carbons (Fsp3) is 0.588. The Balaban J connectivity index is 1.92. The van der Waals surface area contributed by atoms with Gasteiger partial charge in [-0.2, -0.15) is 5.26 Å². The summed E-state index contributed by atoms with van der Waals surface area (Å²) in [6, 6.07) is 10.7. The van der Waals surface area contributed by atoms with E-state index in [1.165, 1.54) is 11.1 Å². The summed E-state index contributed by atoms with van der Waals surface area (Å²) in [5.74, 6) is 0.689. The first kappa shape index (κ1) is 12.7. The third-order valence-corrected chi connectivity index (χ3v) is 5.32. The first-order valence-corrected chi connectivity index (χ1v) is 7.29. The van der Waals surface area contributed by atoms with E-state index in [1.807, 2.05) is 12.1 Å². The molecule has 0 amide bonds. The zero-order valence-corrected chi connectivity index (χ0v) is 11.5. The van der Waals surface area contributed by atoms with E-state index in [2.05, 4.69) is 25.1 Å². The number of benzene rings is 1. The minimum atomic E-state index is -0.856. The number of aliphatic hydroxyl groups is 1. The maximum Gasteiger partial charge on any atom is 0.0913 e. The Morgan fingerprint density at radius 2 is 1.68 bits per heavy atom. The van der Waals surface area contributed by atoms with Crippen molar-refractivity contribution in [3.05, 3.63) is 35.4 Å². The van der Waals surface area contributed by atoms with Crippen LogP contribution in [0, 0.1) is 22.7 Å². The quantitative estimate of drug-likeness (QED) is 0.837. The highest BCUT2D eigenvalue weighted by atomic mass is 16.3. The van der Waals surface area contributed by atoms with Gasteiger partial charge < -0.3 is 5.11 Å². The van der Waals surface area contributed by atoms with Crippen LogP contribution in [0.4, 0.5) is 0 Å². The van der Waals surface area contributed by atoms with E-state index in [0.717, 1.165) is 25.7 Å². The van der Waals surface area contributed by atoms with E-state index < -0.39 is 11.0 Å².